The normalized spacial score (nSPS) is 22.8. The average Bonchev–Trinajstić information content (AvgIpc) is 3.06. The van der Waals surface area contributed by atoms with Crippen LogP contribution in [-0.2, 0) is 14.3 Å². The third kappa shape index (κ3) is 4.31. The number of carbonyl (C=O) groups is 1. The SMILES string of the molecule is CC[C@@H](C)C(N)C(=O)OCC1CCC(n2ccc(NO)nc2=O)O1. The molecule has 1 fully saturated rings. The predicted molar refractivity (Wildman–Crippen MR) is 85.4 cm³/mol. The Kier molecular flexibility index (Phi) is 6.29. The fraction of sp³-hybridized carbons (Fsp3) is 0.667. The Hall–Kier alpha value is -1.97. The third-order valence-electron chi connectivity index (χ3n) is 4.28. The van der Waals surface area contributed by atoms with Crippen LogP contribution in [0.3, 0.4) is 0 Å². The first-order valence-electron chi connectivity index (χ1n) is 8.03. The Labute approximate surface area is 139 Å². The number of anilines is 1. The summed E-state index contributed by atoms with van der Waals surface area (Å²) in [5.74, 6) is -0.314. The largest absolute Gasteiger partial charge is 0.462 e. The summed E-state index contributed by atoms with van der Waals surface area (Å²) >= 11 is 0. The molecule has 24 heavy (non-hydrogen) atoms. The van der Waals surface area contributed by atoms with E-state index in [-0.39, 0.29) is 24.4 Å². The summed E-state index contributed by atoms with van der Waals surface area (Å²) in [6, 6.07) is 0.820. The molecule has 0 radical (unpaired) electrons. The van der Waals surface area contributed by atoms with Crippen LogP contribution in [0.25, 0.3) is 0 Å². The molecule has 9 nitrogen and oxygen atoms in total. The lowest BCUT2D eigenvalue weighted by atomic mass is 10.0. The van der Waals surface area contributed by atoms with Crippen LogP contribution in [0.15, 0.2) is 17.1 Å². The maximum atomic E-state index is 11.9. The second kappa shape index (κ2) is 8.22. The zero-order valence-corrected chi connectivity index (χ0v) is 13.8. The Balaban J connectivity index is 1.87. The minimum absolute atomic E-state index is 0.0537. The number of nitrogens with zero attached hydrogens (tertiary/aromatic N) is 2. The molecule has 0 aliphatic carbocycles. The molecule has 4 N–H and O–H groups in total. The Morgan fingerprint density at radius 1 is 1.62 bits per heavy atom. The number of hydrogen-bond donors (Lipinski definition) is 3. The van der Waals surface area contributed by atoms with Crippen LogP contribution in [0.1, 0.15) is 39.3 Å². The van der Waals surface area contributed by atoms with Crippen molar-refractivity contribution < 1.29 is 19.5 Å². The Morgan fingerprint density at radius 3 is 3.00 bits per heavy atom. The van der Waals surface area contributed by atoms with Crippen molar-refractivity contribution in [2.75, 3.05) is 12.1 Å². The van der Waals surface area contributed by atoms with Gasteiger partial charge in [0, 0.05) is 6.20 Å². The van der Waals surface area contributed by atoms with E-state index in [0.29, 0.717) is 12.8 Å². The van der Waals surface area contributed by atoms with Gasteiger partial charge in [-0.2, -0.15) is 4.98 Å². The monoisotopic (exact) mass is 340 g/mol. The maximum Gasteiger partial charge on any atom is 0.351 e. The topological polar surface area (TPSA) is 129 Å². The molecule has 1 saturated heterocycles. The van der Waals surface area contributed by atoms with Crippen molar-refractivity contribution in [2.24, 2.45) is 11.7 Å². The van der Waals surface area contributed by atoms with Crippen molar-refractivity contribution in [1.82, 2.24) is 9.55 Å². The standard InChI is InChI=1S/C15H24N4O5/c1-3-9(2)13(16)14(20)23-8-10-4-5-12(24-10)19-7-6-11(18-22)17-15(19)21/h6-7,9-10,12-13,22H,3-5,8,16H2,1-2H3,(H,17,18,21)/t9-,10?,12?,13?/m1/s1. The van der Waals surface area contributed by atoms with Gasteiger partial charge in [0.2, 0.25) is 0 Å². The van der Waals surface area contributed by atoms with Crippen molar-refractivity contribution >= 4 is 11.8 Å². The third-order valence-corrected chi connectivity index (χ3v) is 4.28. The minimum atomic E-state index is -0.641. The summed E-state index contributed by atoms with van der Waals surface area (Å²) in [4.78, 5) is 27.4. The van der Waals surface area contributed by atoms with Gasteiger partial charge in [0.05, 0.1) is 6.10 Å². The number of esters is 1. The van der Waals surface area contributed by atoms with Gasteiger partial charge in [0.15, 0.2) is 5.82 Å². The van der Waals surface area contributed by atoms with E-state index < -0.39 is 23.9 Å². The van der Waals surface area contributed by atoms with Crippen molar-refractivity contribution in [3.8, 4) is 0 Å². The van der Waals surface area contributed by atoms with Gasteiger partial charge < -0.3 is 15.2 Å². The lowest BCUT2D eigenvalue weighted by molar-refractivity contribution is -0.151. The van der Waals surface area contributed by atoms with E-state index in [0.717, 1.165) is 6.42 Å². The number of aromatic nitrogens is 2. The van der Waals surface area contributed by atoms with E-state index in [4.69, 9.17) is 20.4 Å². The van der Waals surface area contributed by atoms with E-state index in [2.05, 4.69) is 4.98 Å². The van der Waals surface area contributed by atoms with Gasteiger partial charge in [-0.3, -0.25) is 20.0 Å². The highest BCUT2D eigenvalue weighted by atomic mass is 16.6. The summed E-state index contributed by atoms with van der Waals surface area (Å²) in [5.41, 5.74) is 7.11. The smallest absolute Gasteiger partial charge is 0.351 e. The zero-order chi connectivity index (χ0) is 17.7. The van der Waals surface area contributed by atoms with Crippen LogP contribution >= 0.6 is 0 Å². The van der Waals surface area contributed by atoms with Crippen LogP contribution in [0.5, 0.6) is 0 Å². The molecule has 1 aromatic heterocycles. The molecule has 0 spiro atoms. The number of hydrogen-bond acceptors (Lipinski definition) is 8. The van der Waals surface area contributed by atoms with Crippen LogP contribution in [0, 0.1) is 5.92 Å². The molecule has 4 atom stereocenters. The van der Waals surface area contributed by atoms with Crippen molar-refractivity contribution in [3.63, 3.8) is 0 Å². The summed E-state index contributed by atoms with van der Waals surface area (Å²) in [5, 5.41) is 8.73. The minimum Gasteiger partial charge on any atom is -0.462 e. The summed E-state index contributed by atoms with van der Waals surface area (Å²) in [6.07, 6.45) is 2.80. The van der Waals surface area contributed by atoms with Crippen molar-refractivity contribution in [1.29, 1.82) is 0 Å². The highest BCUT2D eigenvalue weighted by Crippen LogP contribution is 2.27. The molecule has 0 saturated carbocycles. The molecule has 2 rings (SSSR count). The van der Waals surface area contributed by atoms with Crippen LogP contribution in [-0.4, -0.2) is 39.5 Å². The molecule has 3 unspecified atom stereocenters. The highest BCUT2D eigenvalue weighted by molar-refractivity contribution is 5.75. The number of carbonyl (C=O) groups excluding carboxylic acids is 1. The van der Waals surface area contributed by atoms with Gasteiger partial charge in [-0.1, -0.05) is 20.3 Å². The fourth-order valence-corrected chi connectivity index (χ4v) is 2.47. The second-order valence-electron chi connectivity index (χ2n) is 5.95. The lowest BCUT2D eigenvalue weighted by Crippen LogP contribution is -2.39. The molecule has 1 aromatic rings. The molecule has 0 amide bonds. The lowest BCUT2D eigenvalue weighted by Gasteiger charge is -2.19. The summed E-state index contributed by atoms with van der Waals surface area (Å²) in [7, 11) is 0. The van der Waals surface area contributed by atoms with Crippen LogP contribution in [0.2, 0.25) is 0 Å². The number of ether oxygens (including phenoxy) is 2. The van der Waals surface area contributed by atoms with Gasteiger partial charge in [-0.05, 0) is 24.8 Å². The van der Waals surface area contributed by atoms with E-state index >= 15 is 0 Å². The van der Waals surface area contributed by atoms with E-state index in [1.54, 1.807) is 0 Å². The van der Waals surface area contributed by atoms with Gasteiger partial charge in [0.1, 0.15) is 18.9 Å². The van der Waals surface area contributed by atoms with Crippen molar-refractivity contribution in [2.45, 2.75) is 51.5 Å². The molecule has 134 valence electrons. The number of nitrogens with two attached hydrogens (primary N) is 1. The van der Waals surface area contributed by atoms with Gasteiger partial charge in [-0.25, -0.2) is 4.79 Å². The Morgan fingerprint density at radius 2 is 2.38 bits per heavy atom. The predicted octanol–water partition coefficient (Wildman–Crippen LogP) is 0.639. The van der Waals surface area contributed by atoms with Crippen LogP contribution in [0.4, 0.5) is 5.82 Å². The van der Waals surface area contributed by atoms with E-state index in [1.165, 1.54) is 16.8 Å². The second-order valence-corrected chi connectivity index (χ2v) is 5.95. The first kappa shape index (κ1) is 18.4. The zero-order valence-electron chi connectivity index (χ0n) is 13.8. The van der Waals surface area contributed by atoms with Gasteiger partial charge in [0.25, 0.3) is 0 Å². The first-order valence-corrected chi connectivity index (χ1v) is 8.03. The molecule has 0 bridgehead atoms. The fourth-order valence-electron chi connectivity index (χ4n) is 2.47. The number of nitrogens with one attached hydrogen (secondary N) is 1. The molecular weight excluding hydrogens is 316 g/mol. The molecule has 0 aromatic carbocycles. The van der Waals surface area contributed by atoms with Gasteiger partial charge >= 0.3 is 11.7 Å². The maximum absolute atomic E-state index is 11.9. The summed E-state index contributed by atoms with van der Waals surface area (Å²) in [6.45, 7) is 3.97. The van der Waals surface area contributed by atoms with E-state index in [1.807, 2.05) is 19.3 Å². The molecular formula is C15H24N4O5. The molecule has 2 heterocycles. The molecule has 1 aliphatic heterocycles. The molecule has 1 aliphatic rings. The van der Waals surface area contributed by atoms with Crippen LogP contribution < -0.4 is 16.9 Å². The first-order chi connectivity index (χ1) is 11.5. The average molecular weight is 340 g/mol. The molecule has 9 heteroatoms. The Bertz CT molecular complexity index is 620. The van der Waals surface area contributed by atoms with Gasteiger partial charge in [-0.15, -0.1) is 0 Å². The van der Waals surface area contributed by atoms with Crippen molar-refractivity contribution in [3.05, 3.63) is 22.7 Å². The number of rotatable bonds is 7. The summed E-state index contributed by atoms with van der Waals surface area (Å²) < 4.78 is 12.3. The highest BCUT2D eigenvalue weighted by Gasteiger charge is 2.29. The quantitative estimate of drug-likeness (QED) is 0.487. The van der Waals surface area contributed by atoms with E-state index in [9.17, 15) is 9.59 Å².